The van der Waals surface area contributed by atoms with E-state index < -0.39 is 35.5 Å². The van der Waals surface area contributed by atoms with Crippen LogP contribution >= 0.6 is 11.8 Å². The van der Waals surface area contributed by atoms with Crippen LogP contribution in [0.4, 0.5) is 4.79 Å². The molecule has 0 aromatic rings. The van der Waals surface area contributed by atoms with Gasteiger partial charge in [-0.15, -0.1) is 0 Å². The summed E-state index contributed by atoms with van der Waals surface area (Å²) in [6.07, 6.45) is -1.000. The lowest BCUT2D eigenvalue weighted by Gasteiger charge is -2.26. The lowest BCUT2D eigenvalue weighted by atomic mass is 10.1. The van der Waals surface area contributed by atoms with E-state index in [0.29, 0.717) is 5.75 Å². The van der Waals surface area contributed by atoms with E-state index in [9.17, 15) is 19.2 Å². The highest BCUT2D eigenvalue weighted by molar-refractivity contribution is 8.13. The first-order chi connectivity index (χ1) is 10.6. The lowest BCUT2D eigenvalue weighted by molar-refractivity contribution is -0.151. The number of nitrogens with zero attached hydrogens (tertiary/aromatic N) is 1. The summed E-state index contributed by atoms with van der Waals surface area (Å²) < 4.78 is 10.1. The average Bonchev–Trinajstić information content (AvgIpc) is 2.75. The standard InChI is InChI=1S/C15H23NO6S/c1-6-21-12(18)10-8-9(13(19)23-7-2)11(17)16(10)14(20)22-15(3,4)5/h9-10H,6-8H2,1-5H3/t9?,10-/m1/s1. The Balaban J connectivity index is 3.04. The van der Waals surface area contributed by atoms with E-state index in [-0.39, 0.29) is 18.1 Å². The van der Waals surface area contributed by atoms with Crippen LogP contribution in [0, 0.1) is 5.92 Å². The van der Waals surface area contributed by atoms with Crippen LogP contribution in [-0.2, 0) is 23.9 Å². The maximum Gasteiger partial charge on any atom is 0.417 e. The second-order valence-electron chi connectivity index (χ2n) is 6.00. The number of imide groups is 1. The fourth-order valence-corrected chi connectivity index (χ4v) is 2.84. The van der Waals surface area contributed by atoms with Gasteiger partial charge in [-0.2, -0.15) is 0 Å². The molecule has 0 radical (unpaired) electrons. The van der Waals surface area contributed by atoms with E-state index in [2.05, 4.69) is 0 Å². The van der Waals surface area contributed by atoms with Crippen LogP contribution in [0.25, 0.3) is 0 Å². The van der Waals surface area contributed by atoms with Gasteiger partial charge in [-0.05, 0) is 39.9 Å². The van der Waals surface area contributed by atoms with E-state index in [0.717, 1.165) is 16.7 Å². The summed E-state index contributed by atoms with van der Waals surface area (Å²) in [6.45, 7) is 8.49. The van der Waals surface area contributed by atoms with Crippen LogP contribution in [0.2, 0.25) is 0 Å². The first-order valence-corrected chi connectivity index (χ1v) is 8.50. The average molecular weight is 345 g/mol. The molecule has 0 aliphatic carbocycles. The third-order valence-corrected chi connectivity index (χ3v) is 3.88. The van der Waals surface area contributed by atoms with Crippen molar-refractivity contribution < 1.29 is 28.7 Å². The molecule has 1 rings (SSSR count). The number of amides is 2. The number of hydrogen-bond acceptors (Lipinski definition) is 7. The van der Waals surface area contributed by atoms with Crippen molar-refractivity contribution in [2.24, 2.45) is 5.92 Å². The van der Waals surface area contributed by atoms with Crippen molar-refractivity contribution >= 4 is 34.8 Å². The van der Waals surface area contributed by atoms with Gasteiger partial charge in [0.1, 0.15) is 17.6 Å². The van der Waals surface area contributed by atoms with E-state index in [1.54, 1.807) is 34.6 Å². The SMILES string of the molecule is CCOC(=O)[C@H]1CC(C(=O)SCC)C(=O)N1C(=O)OC(C)(C)C. The van der Waals surface area contributed by atoms with Crippen molar-refractivity contribution in [1.82, 2.24) is 4.90 Å². The van der Waals surface area contributed by atoms with Crippen LogP contribution in [0.5, 0.6) is 0 Å². The van der Waals surface area contributed by atoms with Crippen molar-refractivity contribution in [2.45, 2.75) is 52.7 Å². The number of carbonyl (C=O) groups is 4. The molecule has 0 spiro atoms. The lowest BCUT2D eigenvalue weighted by Crippen LogP contribution is -2.46. The summed E-state index contributed by atoms with van der Waals surface area (Å²) in [7, 11) is 0. The molecule has 1 fully saturated rings. The van der Waals surface area contributed by atoms with Gasteiger partial charge in [-0.1, -0.05) is 18.7 Å². The minimum Gasteiger partial charge on any atom is -0.464 e. The quantitative estimate of drug-likeness (QED) is 0.568. The van der Waals surface area contributed by atoms with Gasteiger partial charge in [-0.25, -0.2) is 14.5 Å². The zero-order valence-corrected chi connectivity index (χ0v) is 14.9. The Bertz CT molecular complexity index is 499. The molecule has 1 aliphatic heterocycles. The number of carbonyl (C=O) groups excluding carboxylic acids is 4. The van der Waals surface area contributed by atoms with Crippen molar-refractivity contribution in [1.29, 1.82) is 0 Å². The number of rotatable bonds is 4. The molecular weight excluding hydrogens is 322 g/mol. The smallest absolute Gasteiger partial charge is 0.417 e. The van der Waals surface area contributed by atoms with Gasteiger partial charge in [0.15, 0.2) is 0 Å². The van der Waals surface area contributed by atoms with Crippen molar-refractivity contribution in [2.75, 3.05) is 12.4 Å². The number of ether oxygens (including phenoxy) is 2. The minimum absolute atomic E-state index is 0.0667. The maximum atomic E-state index is 12.5. The number of hydrogen-bond donors (Lipinski definition) is 0. The Morgan fingerprint density at radius 2 is 1.87 bits per heavy atom. The van der Waals surface area contributed by atoms with Gasteiger partial charge < -0.3 is 9.47 Å². The predicted octanol–water partition coefficient (Wildman–Crippen LogP) is 1.98. The van der Waals surface area contributed by atoms with Gasteiger partial charge in [0.05, 0.1) is 6.61 Å². The molecule has 130 valence electrons. The van der Waals surface area contributed by atoms with Crippen molar-refractivity contribution in [3.05, 3.63) is 0 Å². The summed E-state index contributed by atoms with van der Waals surface area (Å²) in [5.41, 5.74) is -0.823. The molecule has 0 aromatic carbocycles. The summed E-state index contributed by atoms with van der Waals surface area (Å²) >= 11 is 0.996. The van der Waals surface area contributed by atoms with Gasteiger partial charge in [0.25, 0.3) is 0 Å². The van der Waals surface area contributed by atoms with Crippen LogP contribution < -0.4 is 0 Å². The van der Waals surface area contributed by atoms with Gasteiger partial charge in [0.2, 0.25) is 11.0 Å². The highest BCUT2D eigenvalue weighted by Crippen LogP contribution is 2.31. The summed E-state index contributed by atoms with van der Waals surface area (Å²) in [5, 5.41) is -0.349. The Morgan fingerprint density at radius 3 is 2.35 bits per heavy atom. The molecule has 0 saturated carbocycles. The summed E-state index contributed by atoms with van der Waals surface area (Å²) in [6, 6.07) is -1.12. The molecule has 1 saturated heterocycles. The zero-order chi connectivity index (χ0) is 17.8. The molecular formula is C15H23NO6S. The van der Waals surface area contributed by atoms with Gasteiger partial charge in [-0.3, -0.25) is 9.59 Å². The Labute approximate surface area is 140 Å². The Hall–Kier alpha value is -1.57. The van der Waals surface area contributed by atoms with Crippen molar-refractivity contribution in [3.8, 4) is 0 Å². The highest BCUT2D eigenvalue weighted by atomic mass is 32.2. The minimum atomic E-state index is -1.12. The number of likely N-dealkylation sites (tertiary alicyclic amines) is 1. The van der Waals surface area contributed by atoms with Gasteiger partial charge in [0, 0.05) is 0 Å². The van der Waals surface area contributed by atoms with Crippen LogP contribution in [0.1, 0.15) is 41.0 Å². The molecule has 7 nitrogen and oxygen atoms in total. The molecule has 0 N–H and O–H groups in total. The molecule has 23 heavy (non-hydrogen) atoms. The van der Waals surface area contributed by atoms with E-state index in [4.69, 9.17) is 9.47 Å². The predicted molar refractivity (Wildman–Crippen MR) is 84.7 cm³/mol. The summed E-state index contributed by atoms with van der Waals surface area (Å²) in [5.74, 6) is -1.92. The molecule has 1 heterocycles. The van der Waals surface area contributed by atoms with Crippen LogP contribution in [0.3, 0.4) is 0 Å². The monoisotopic (exact) mass is 345 g/mol. The zero-order valence-electron chi connectivity index (χ0n) is 14.1. The Morgan fingerprint density at radius 1 is 1.26 bits per heavy atom. The third-order valence-electron chi connectivity index (χ3n) is 3.03. The highest BCUT2D eigenvalue weighted by Gasteiger charge is 2.51. The van der Waals surface area contributed by atoms with Crippen LogP contribution in [-0.4, -0.2) is 52.0 Å². The molecule has 0 bridgehead atoms. The first-order valence-electron chi connectivity index (χ1n) is 7.51. The molecule has 0 aromatic heterocycles. The largest absolute Gasteiger partial charge is 0.464 e. The Kier molecular flexibility index (Phi) is 6.61. The maximum absolute atomic E-state index is 12.5. The molecule has 1 unspecified atom stereocenters. The van der Waals surface area contributed by atoms with E-state index >= 15 is 0 Å². The third kappa shape index (κ3) is 4.95. The van der Waals surface area contributed by atoms with E-state index in [1.165, 1.54) is 0 Å². The fraction of sp³-hybridized carbons (Fsp3) is 0.733. The first kappa shape index (κ1) is 19.5. The molecule has 2 atom stereocenters. The summed E-state index contributed by atoms with van der Waals surface area (Å²) in [4.78, 5) is 49.6. The molecule has 8 heteroatoms. The molecule has 1 aliphatic rings. The van der Waals surface area contributed by atoms with E-state index in [1.807, 2.05) is 0 Å². The number of esters is 1. The normalized spacial score (nSPS) is 21.3. The van der Waals surface area contributed by atoms with Crippen molar-refractivity contribution in [3.63, 3.8) is 0 Å². The fourth-order valence-electron chi connectivity index (χ4n) is 2.16. The van der Waals surface area contributed by atoms with Crippen LogP contribution in [0.15, 0.2) is 0 Å². The second-order valence-corrected chi connectivity index (χ2v) is 7.27. The topological polar surface area (TPSA) is 90.0 Å². The van der Waals surface area contributed by atoms with Gasteiger partial charge >= 0.3 is 12.1 Å². The second kappa shape index (κ2) is 7.81. The molecule has 2 amide bonds. The number of thioether (sulfide) groups is 1.